The van der Waals surface area contributed by atoms with E-state index in [9.17, 15) is 18.3 Å². The molecule has 1 rings (SSSR count). The Hall–Kier alpha value is -0.750. The summed E-state index contributed by atoms with van der Waals surface area (Å²) in [5.74, 6) is 0. The van der Waals surface area contributed by atoms with Crippen LogP contribution in [-0.2, 0) is 13.5 Å². The highest BCUT2D eigenvalue weighted by atomic mass is 35.5. The molecule has 7 heteroatoms. The highest BCUT2D eigenvalue weighted by Gasteiger charge is 2.28. The van der Waals surface area contributed by atoms with Gasteiger partial charge in [-0.05, 0) is 13.3 Å². The Morgan fingerprint density at radius 3 is 2.47 bits per heavy atom. The molecule has 1 aromatic heterocycles. The zero-order chi connectivity index (χ0) is 13.2. The monoisotopic (exact) mass is 270 g/mol. The molecule has 0 bridgehead atoms. The minimum absolute atomic E-state index is 0.0919. The van der Waals surface area contributed by atoms with Crippen molar-refractivity contribution >= 4 is 11.6 Å². The third-order valence-electron chi connectivity index (χ3n) is 2.47. The molecule has 0 aliphatic carbocycles. The van der Waals surface area contributed by atoms with Crippen LogP contribution in [0.4, 0.5) is 13.2 Å². The predicted octanol–water partition coefficient (Wildman–Crippen LogP) is 2.63. The van der Waals surface area contributed by atoms with Gasteiger partial charge in [-0.2, -0.15) is 18.3 Å². The van der Waals surface area contributed by atoms with Gasteiger partial charge in [0.15, 0.2) is 0 Å². The molecule has 1 atom stereocenters. The lowest BCUT2D eigenvalue weighted by Gasteiger charge is -2.12. The average Bonchev–Trinajstić information content (AvgIpc) is 2.41. The molecule has 0 saturated carbocycles. The lowest BCUT2D eigenvalue weighted by Crippen LogP contribution is -2.16. The van der Waals surface area contributed by atoms with E-state index in [0.29, 0.717) is 16.4 Å². The number of hydrogen-bond acceptors (Lipinski definition) is 2. The molecule has 0 saturated heterocycles. The van der Waals surface area contributed by atoms with Gasteiger partial charge >= 0.3 is 6.18 Å². The summed E-state index contributed by atoms with van der Waals surface area (Å²) in [4.78, 5) is 0. The number of aromatic nitrogens is 2. The second kappa shape index (κ2) is 5.27. The summed E-state index contributed by atoms with van der Waals surface area (Å²) < 4.78 is 37.3. The quantitative estimate of drug-likeness (QED) is 0.913. The molecule has 0 radical (unpaired) electrons. The standard InChI is InChI=1S/C10H14ClF3N2O/c1-6-8(9(11)16(2)15-6)5-7(17)3-4-10(12,13)14/h7,17H,3-5H2,1-2H3. The van der Waals surface area contributed by atoms with Gasteiger partial charge in [0.2, 0.25) is 0 Å². The smallest absolute Gasteiger partial charge is 0.389 e. The summed E-state index contributed by atoms with van der Waals surface area (Å²) in [7, 11) is 1.64. The second-order valence-corrected chi connectivity index (χ2v) is 4.35. The van der Waals surface area contributed by atoms with E-state index in [0.717, 1.165) is 0 Å². The van der Waals surface area contributed by atoms with Crippen LogP contribution in [0.1, 0.15) is 24.1 Å². The fourth-order valence-electron chi connectivity index (χ4n) is 1.57. The molecule has 1 heterocycles. The molecule has 0 fully saturated rings. The molecular formula is C10H14ClF3N2O. The van der Waals surface area contributed by atoms with Gasteiger partial charge in [0.05, 0.1) is 11.8 Å². The molecule has 3 nitrogen and oxygen atoms in total. The van der Waals surface area contributed by atoms with Gasteiger partial charge in [-0.25, -0.2) is 0 Å². The van der Waals surface area contributed by atoms with Crippen molar-refractivity contribution in [3.05, 3.63) is 16.4 Å². The van der Waals surface area contributed by atoms with Crippen molar-refractivity contribution in [3.8, 4) is 0 Å². The third kappa shape index (κ3) is 4.20. The maximum Gasteiger partial charge on any atom is 0.389 e. The van der Waals surface area contributed by atoms with Gasteiger partial charge in [0.1, 0.15) is 5.15 Å². The Labute approximate surface area is 102 Å². The van der Waals surface area contributed by atoms with E-state index >= 15 is 0 Å². The number of rotatable bonds is 4. The summed E-state index contributed by atoms with van der Waals surface area (Å²) in [6, 6.07) is 0. The third-order valence-corrected chi connectivity index (χ3v) is 2.94. The first-order valence-corrected chi connectivity index (χ1v) is 5.51. The van der Waals surface area contributed by atoms with Gasteiger partial charge in [-0.15, -0.1) is 0 Å². The van der Waals surface area contributed by atoms with E-state index < -0.39 is 18.7 Å². The molecule has 1 N–H and O–H groups in total. The molecule has 1 unspecified atom stereocenters. The van der Waals surface area contributed by atoms with Crippen molar-refractivity contribution in [2.24, 2.45) is 7.05 Å². The molecule has 1 aromatic rings. The number of aryl methyl sites for hydroxylation is 2. The number of hydrogen-bond donors (Lipinski definition) is 1. The Balaban J connectivity index is 2.59. The lowest BCUT2D eigenvalue weighted by atomic mass is 10.1. The van der Waals surface area contributed by atoms with Gasteiger partial charge in [0, 0.05) is 25.5 Å². The van der Waals surface area contributed by atoms with Crippen molar-refractivity contribution in [1.82, 2.24) is 9.78 Å². The first-order valence-electron chi connectivity index (χ1n) is 5.13. The zero-order valence-corrected chi connectivity index (χ0v) is 10.3. The molecule has 0 aliphatic rings. The van der Waals surface area contributed by atoms with Crippen molar-refractivity contribution in [2.45, 2.75) is 38.5 Å². The Kier molecular flexibility index (Phi) is 4.43. The van der Waals surface area contributed by atoms with Gasteiger partial charge in [0.25, 0.3) is 0 Å². The summed E-state index contributed by atoms with van der Waals surface area (Å²) in [5, 5.41) is 13.9. The minimum atomic E-state index is -4.24. The predicted molar refractivity (Wildman–Crippen MR) is 58.0 cm³/mol. The van der Waals surface area contributed by atoms with Crippen LogP contribution in [0, 0.1) is 6.92 Å². The van der Waals surface area contributed by atoms with E-state index in [2.05, 4.69) is 5.10 Å². The molecule has 0 aliphatic heterocycles. The van der Waals surface area contributed by atoms with Crippen LogP contribution in [-0.4, -0.2) is 27.2 Å². The summed E-state index contributed by atoms with van der Waals surface area (Å²) in [6.07, 6.45) is -6.53. The van der Waals surface area contributed by atoms with Crippen LogP contribution in [0.15, 0.2) is 0 Å². The highest BCUT2D eigenvalue weighted by molar-refractivity contribution is 6.30. The molecule has 0 amide bonds. The van der Waals surface area contributed by atoms with Gasteiger partial charge < -0.3 is 5.11 Å². The van der Waals surface area contributed by atoms with E-state index in [1.165, 1.54) is 4.68 Å². The Bertz CT molecular complexity index is 390. The fourth-order valence-corrected chi connectivity index (χ4v) is 1.83. The number of halogens is 4. The van der Waals surface area contributed by atoms with Crippen LogP contribution in [0.5, 0.6) is 0 Å². The normalized spacial score (nSPS) is 14.1. The molecule has 98 valence electrons. The zero-order valence-electron chi connectivity index (χ0n) is 9.55. The Morgan fingerprint density at radius 2 is 2.06 bits per heavy atom. The minimum Gasteiger partial charge on any atom is -0.393 e. The maximum atomic E-state index is 12.0. The number of aliphatic hydroxyl groups excluding tert-OH is 1. The fraction of sp³-hybridized carbons (Fsp3) is 0.700. The SMILES string of the molecule is Cc1nn(C)c(Cl)c1CC(O)CCC(F)(F)F. The Morgan fingerprint density at radius 1 is 1.47 bits per heavy atom. The van der Waals surface area contributed by atoms with E-state index in [1.807, 2.05) is 0 Å². The van der Waals surface area contributed by atoms with Crippen LogP contribution >= 0.6 is 11.6 Å². The van der Waals surface area contributed by atoms with Crippen LogP contribution in [0.25, 0.3) is 0 Å². The first kappa shape index (κ1) is 14.3. The largest absolute Gasteiger partial charge is 0.393 e. The first-order chi connectivity index (χ1) is 7.70. The lowest BCUT2D eigenvalue weighted by molar-refractivity contribution is -0.139. The summed E-state index contributed by atoms with van der Waals surface area (Å²) in [5.41, 5.74) is 1.23. The molecule has 17 heavy (non-hydrogen) atoms. The molecule has 0 aromatic carbocycles. The van der Waals surface area contributed by atoms with Crippen molar-refractivity contribution in [2.75, 3.05) is 0 Å². The average molecular weight is 271 g/mol. The van der Waals surface area contributed by atoms with Crippen LogP contribution < -0.4 is 0 Å². The number of alkyl halides is 3. The number of aliphatic hydroxyl groups is 1. The topological polar surface area (TPSA) is 38.0 Å². The maximum absolute atomic E-state index is 12.0. The highest BCUT2D eigenvalue weighted by Crippen LogP contribution is 2.25. The van der Waals surface area contributed by atoms with Crippen molar-refractivity contribution < 1.29 is 18.3 Å². The van der Waals surface area contributed by atoms with Crippen molar-refractivity contribution in [3.63, 3.8) is 0 Å². The second-order valence-electron chi connectivity index (χ2n) is 3.99. The van der Waals surface area contributed by atoms with Crippen LogP contribution in [0.2, 0.25) is 5.15 Å². The van der Waals surface area contributed by atoms with E-state index in [4.69, 9.17) is 11.6 Å². The van der Waals surface area contributed by atoms with Gasteiger partial charge in [-0.3, -0.25) is 4.68 Å². The number of nitrogens with zero attached hydrogens (tertiary/aromatic N) is 2. The van der Waals surface area contributed by atoms with Crippen molar-refractivity contribution in [1.29, 1.82) is 0 Å². The molecular weight excluding hydrogens is 257 g/mol. The van der Waals surface area contributed by atoms with E-state index in [-0.39, 0.29) is 12.8 Å². The van der Waals surface area contributed by atoms with E-state index in [1.54, 1.807) is 14.0 Å². The summed E-state index contributed by atoms with van der Waals surface area (Å²) in [6.45, 7) is 1.71. The summed E-state index contributed by atoms with van der Waals surface area (Å²) >= 11 is 5.92. The van der Waals surface area contributed by atoms with Crippen LogP contribution in [0.3, 0.4) is 0 Å². The molecule has 0 spiro atoms. The van der Waals surface area contributed by atoms with Gasteiger partial charge in [-0.1, -0.05) is 11.6 Å².